The number of aromatic hydroxyl groups is 1. The maximum Gasteiger partial charge on any atom is 0.121 e. The van der Waals surface area contributed by atoms with Crippen molar-refractivity contribution in [1.82, 2.24) is 0 Å². The van der Waals surface area contributed by atoms with E-state index in [9.17, 15) is 5.11 Å². The third-order valence-corrected chi connectivity index (χ3v) is 3.39. The number of benzene rings is 1. The first kappa shape index (κ1) is 10.8. The Hall–Kier alpha value is -0.730. The highest BCUT2D eigenvalue weighted by molar-refractivity contribution is 6.31. The summed E-state index contributed by atoms with van der Waals surface area (Å²) in [5.41, 5.74) is 7.48. The van der Waals surface area contributed by atoms with Crippen LogP contribution in [0.3, 0.4) is 0 Å². The van der Waals surface area contributed by atoms with Crippen molar-refractivity contribution < 1.29 is 5.11 Å². The second-order valence-electron chi connectivity index (χ2n) is 4.70. The summed E-state index contributed by atoms with van der Waals surface area (Å²) in [5, 5.41) is 10.6. The fraction of sp³-hybridized carbons (Fsp3) is 0.500. The van der Waals surface area contributed by atoms with E-state index < -0.39 is 0 Å². The minimum absolute atomic E-state index is 0.281. The molecule has 0 bridgehead atoms. The number of rotatable bonds is 2. The van der Waals surface area contributed by atoms with E-state index in [0.717, 1.165) is 24.0 Å². The lowest BCUT2D eigenvalue weighted by Crippen LogP contribution is -2.19. The normalized spacial score (nSPS) is 18.2. The molecule has 0 radical (unpaired) electrons. The Morgan fingerprint density at radius 2 is 2.00 bits per heavy atom. The Labute approximate surface area is 95.1 Å². The van der Waals surface area contributed by atoms with Crippen molar-refractivity contribution in [2.24, 2.45) is 5.73 Å². The molecule has 0 unspecified atom stereocenters. The average molecular weight is 226 g/mol. The van der Waals surface area contributed by atoms with Gasteiger partial charge in [-0.05, 0) is 36.5 Å². The molecule has 2 nitrogen and oxygen atoms in total. The zero-order chi connectivity index (χ0) is 11.2. The fourth-order valence-electron chi connectivity index (χ4n) is 1.82. The molecule has 3 N–H and O–H groups in total. The molecular weight excluding hydrogens is 210 g/mol. The van der Waals surface area contributed by atoms with Gasteiger partial charge in [-0.25, -0.2) is 0 Å². The molecule has 0 amide bonds. The molecule has 15 heavy (non-hydrogen) atoms. The summed E-state index contributed by atoms with van der Waals surface area (Å²) in [5.74, 6) is 0.591. The molecule has 3 heteroatoms. The highest BCUT2D eigenvalue weighted by Gasteiger charge is 2.42. The van der Waals surface area contributed by atoms with Gasteiger partial charge < -0.3 is 10.8 Å². The van der Waals surface area contributed by atoms with Crippen LogP contribution in [0, 0.1) is 0 Å². The third kappa shape index (κ3) is 1.84. The van der Waals surface area contributed by atoms with Gasteiger partial charge in [-0.3, -0.25) is 0 Å². The molecule has 82 valence electrons. The van der Waals surface area contributed by atoms with E-state index in [2.05, 4.69) is 13.8 Å². The van der Waals surface area contributed by atoms with Crippen molar-refractivity contribution >= 4 is 11.6 Å². The van der Waals surface area contributed by atoms with Gasteiger partial charge in [0, 0.05) is 16.1 Å². The van der Waals surface area contributed by atoms with E-state index in [1.165, 1.54) is 0 Å². The van der Waals surface area contributed by atoms with Crippen LogP contribution in [-0.2, 0) is 5.54 Å². The SMILES string of the molecule is CC(C)c1cc(O)c(C2(N)CC2)cc1Cl. The lowest BCUT2D eigenvalue weighted by Gasteiger charge is -2.16. The Kier molecular flexibility index (Phi) is 2.44. The van der Waals surface area contributed by atoms with Gasteiger partial charge in [-0.1, -0.05) is 25.4 Å². The van der Waals surface area contributed by atoms with Crippen LogP contribution in [0.1, 0.15) is 43.7 Å². The van der Waals surface area contributed by atoms with Gasteiger partial charge in [0.2, 0.25) is 0 Å². The Balaban J connectivity index is 2.48. The molecule has 1 aliphatic rings. The van der Waals surface area contributed by atoms with Crippen LogP contribution in [0.15, 0.2) is 12.1 Å². The van der Waals surface area contributed by atoms with Crippen LogP contribution in [0.5, 0.6) is 5.75 Å². The second kappa shape index (κ2) is 3.39. The Morgan fingerprint density at radius 3 is 2.47 bits per heavy atom. The van der Waals surface area contributed by atoms with E-state index in [1.807, 2.05) is 6.07 Å². The highest BCUT2D eigenvalue weighted by atomic mass is 35.5. The van der Waals surface area contributed by atoms with E-state index in [0.29, 0.717) is 10.9 Å². The van der Waals surface area contributed by atoms with Crippen molar-refractivity contribution in [3.8, 4) is 5.75 Å². The summed E-state index contributed by atoms with van der Waals surface area (Å²) in [4.78, 5) is 0. The summed E-state index contributed by atoms with van der Waals surface area (Å²) >= 11 is 6.16. The number of hydrogen-bond donors (Lipinski definition) is 2. The van der Waals surface area contributed by atoms with Gasteiger partial charge in [-0.2, -0.15) is 0 Å². The summed E-state index contributed by atoms with van der Waals surface area (Å²) in [6.07, 6.45) is 1.86. The van der Waals surface area contributed by atoms with Crippen molar-refractivity contribution in [3.05, 3.63) is 28.3 Å². The van der Waals surface area contributed by atoms with Crippen LogP contribution in [0.25, 0.3) is 0 Å². The average Bonchev–Trinajstić information content (AvgIpc) is 2.88. The molecular formula is C12H16ClNO. The Bertz CT molecular complexity index is 397. The molecule has 1 aliphatic carbocycles. The molecule has 0 spiro atoms. The number of hydrogen-bond acceptors (Lipinski definition) is 2. The smallest absolute Gasteiger partial charge is 0.121 e. The van der Waals surface area contributed by atoms with Gasteiger partial charge in [0.1, 0.15) is 5.75 Å². The first-order valence-corrected chi connectivity index (χ1v) is 5.63. The van der Waals surface area contributed by atoms with E-state index in [1.54, 1.807) is 6.07 Å². The van der Waals surface area contributed by atoms with Gasteiger partial charge >= 0.3 is 0 Å². The number of nitrogens with two attached hydrogens (primary N) is 1. The predicted molar refractivity (Wildman–Crippen MR) is 62.3 cm³/mol. The van der Waals surface area contributed by atoms with Crippen molar-refractivity contribution in [1.29, 1.82) is 0 Å². The summed E-state index contributed by atoms with van der Waals surface area (Å²) in [7, 11) is 0. The largest absolute Gasteiger partial charge is 0.508 e. The van der Waals surface area contributed by atoms with Crippen molar-refractivity contribution in [2.75, 3.05) is 0 Å². The first-order chi connectivity index (χ1) is 6.94. The number of phenols is 1. The van der Waals surface area contributed by atoms with E-state index in [4.69, 9.17) is 17.3 Å². The molecule has 1 fully saturated rings. The molecule has 0 aromatic heterocycles. The predicted octanol–water partition coefficient (Wildman–Crippen LogP) is 3.12. The second-order valence-corrected chi connectivity index (χ2v) is 5.11. The minimum Gasteiger partial charge on any atom is -0.508 e. The van der Waals surface area contributed by atoms with Crippen LogP contribution in [0.4, 0.5) is 0 Å². The van der Waals surface area contributed by atoms with Crippen LogP contribution in [-0.4, -0.2) is 5.11 Å². The zero-order valence-corrected chi connectivity index (χ0v) is 9.80. The van der Waals surface area contributed by atoms with Gasteiger partial charge in [0.15, 0.2) is 0 Å². The Morgan fingerprint density at radius 1 is 1.40 bits per heavy atom. The molecule has 0 atom stereocenters. The lowest BCUT2D eigenvalue weighted by molar-refractivity contribution is 0.458. The minimum atomic E-state index is -0.330. The van der Waals surface area contributed by atoms with Crippen LogP contribution in [0.2, 0.25) is 5.02 Å². The molecule has 0 saturated heterocycles. The summed E-state index contributed by atoms with van der Waals surface area (Å²) in [6.45, 7) is 4.10. The number of halogens is 1. The third-order valence-electron chi connectivity index (χ3n) is 3.06. The van der Waals surface area contributed by atoms with E-state index in [-0.39, 0.29) is 11.3 Å². The summed E-state index contributed by atoms with van der Waals surface area (Å²) in [6, 6.07) is 3.56. The molecule has 0 aliphatic heterocycles. The first-order valence-electron chi connectivity index (χ1n) is 5.26. The van der Waals surface area contributed by atoms with Gasteiger partial charge in [-0.15, -0.1) is 0 Å². The maximum atomic E-state index is 9.90. The van der Waals surface area contributed by atoms with Gasteiger partial charge in [0.25, 0.3) is 0 Å². The molecule has 1 aromatic carbocycles. The fourth-order valence-corrected chi connectivity index (χ4v) is 2.21. The summed E-state index contributed by atoms with van der Waals surface area (Å²) < 4.78 is 0. The zero-order valence-electron chi connectivity index (χ0n) is 9.05. The van der Waals surface area contributed by atoms with Crippen molar-refractivity contribution in [2.45, 2.75) is 38.1 Å². The lowest BCUT2D eigenvalue weighted by atomic mass is 9.97. The number of phenolic OH excluding ortho intramolecular Hbond substituents is 1. The quantitative estimate of drug-likeness (QED) is 0.813. The molecule has 1 saturated carbocycles. The standard InChI is InChI=1S/C12H16ClNO/c1-7(2)8-5-11(15)9(6-10(8)13)12(14)3-4-12/h5-7,15H,3-4,14H2,1-2H3. The van der Waals surface area contributed by atoms with Crippen LogP contribution < -0.4 is 5.73 Å². The van der Waals surface area contributed by atoms with Crippen LogP contribution >= 0.6 is 11.6 Å². The van der Waals surface area contributed by atoms with Gasteiger partial charge in [0.05, 0.1) is 0 Å². The topological polar surface area (TPSA) is 46.2 Å². The highest BCUT2D eigenvalue weighted by Crippen LogP contribution is 2.48. The van der Waals surface area contributed by atoms with E-state index >= 15 is 0 Å². The molecule has 0 heterocycles. The maximum absolute atomic E-state index is 9.90. The van der Waals surface area contributed by atoms with Crippen molar-refractivity contribution in [3.63, 3.8) is 0 Å². The monoisotopic (exact) mass is 225 g/mol. The molecule has 1 aromatic rings. The molecule has 2 rings (SSSR count).